The van der Waals surface area contributed by atoms with Crippen LogP contribution >= 0.6 is 0 Å². The Morgan fingerprint density at radius 1 is 1.56 bits per heavy atom. The molecule has 0 saturated heterocycles. The summed E-state index contributed by atoms with van der Waals surface area (Å²) in [6, 6.07) is 0. The van der Waals surface area contributed by atoms with Gasteiger partial charge in [0.25, 0.3) is 0 Å². The normalized spacial score (nSPS) is 25.2. The number of ketones is 1. The summed E-state index contributed by atoms with van der Waals surface area (Å²) in [5, 5.41) is 10.3. The van der Waals surface area contributed by atoms with Crippen LogP contribution in [-0.4, -0.2) is 29.6 Å². The molecule has 4 heteroatoms. The smallest absolute Gasteiger partial charge is 0.330 e. The maximum absolute atomic E-state index is 11.2. The lowest BCUT2D eigenvalue weighted by atomic mass is 9.83. The molecular formula is C14H18O4. The van der Waals surface area contributed by atoms with Crippen LogP contribution in [0.15, 0.2) is 35.5 Å². The fourth-order valence-corrected chi connectivity index (χ4v) is 1.73. The summed E-state index contributed by atoms with van der Waals surface area (Å²) in [6.45, 7) is 3.46. The Morgan fingerprint density at radius 2 is 2.22 bits per heavy atom. The van der Waals surface area contributed by atoms with Gasteiger partial charge in [0.2, 0.25) is 0 Å². The molecular weight excluding hydrogens is 232 g/mol. The van der Waals surface area contributed by atoms with Gasteiger partial charge in [0, 0.05) is 12.5 Å². The fraction of sp³-hybridized carbons (Fsp3) is 0.429. The first kappa shape index (κ1) is 14.4. The standard InChI is InChI=1S/C14H18O4/c1-10(8-13(16)18-3)4-6-14(17)7-5-12(15)9-11(14)2/h4,6,8-9,17H,5,7H2,1-3H3/b6-4?,10-8+. The molecule has 1 aliphatic rings. The molecule has 0 bridgehead atoms. The summed E-state index contributed by atoms with van der Waals surface area (Å²) in [6.07, 6.45) is 6.78. The van der Waals surface area contributed by atoms with Crippen molar-refractivity contribution in [1.82, 2.24) is 0 Å². The van der Waals surface area contributed by atoms with Crippen LogP contribution in [0.2, 0.25) is 0 Å². The molecule has 1 rings (SSSR count). The molecule has 0 aromatic heterocycles. The van der Waals surface area contributed by atoms with E-state index in [0.29, 0.717) is 24.0 Å². The van der Waals surface area contributed by atoms with Crippen molar-refractivity contribution in [3.63, 3.8) is 0 Å². The Balaban J connectivity index is 2.84. The SMILES string of the molecule is COC(=O)/C=C(\C)C=CC1(O)CCC(=O)C=C1C. The quantitative estimate of drug-likeness (QED) is 0.470. The van der Waals surface area contributed by atoms with E-state index in [0.717, 1.165) is 0 Å². The number of carbonyl (C=O) groups excluding carboxylic acids is 2. The Bertz CT molecular complexity index is 443. The fourth-order valence-electron chi connectivity index (χ4n) is 1.73. The van der Waals surface area contributed by atoms with Crippen LogP contribution in [0, 0.1) is 0 Å². The molecule has 1 aliphatic carbocycles. The molecule has 1 unspecified atom stereocenters. The molecule has 0 aromatic rings. The van der Waals surface area contributed by atoms with Crippen molar-refractivity contribution in [1.29, 1.82) is 0 Å². The third kappa shape index (κ3) is 3.67. The monoisotopic (exact) mass is 250 g/mol. The lowest BCUT2D eigenvalue weighted by Crippen LogP contribution is -2.32. The number of hydrogen-bond acceptors (Lipinski definition) is 4. The Hall–Kier alpha value is -1.68. The van der Waals surface area contributed by atoms with Crippen molar-refractivity contribution < 1.29 is 19.4 Å². The second-order valence-corrected chi connectivity index (χ2v) is 4.46. The van der Waals surface area contributed by atoms with Gasteiger partial charge in [0.15, 0.2) is 5.78 Å². The molecule has 98 valence electrons. The molecule has 0 aliphatic heterocycles. The van der Waals surface area contributed by atoms with Gasteiger partial charge >= 0.3 is 5.97 Å². The van der Waals surface area contributed by atoms with Crippen LogP contribution in [-0.2, 0) is 14.3 Å². The molecule has 0 radical (unpaired) electrons. The Kier molecular flexibility index (Phi) is 4.62. The second-order valence-electron chi connectivity index (χ2n) is 4.46. The first-order valence-electron chi connectivity index (χ1n) is 5.77. The average Bonchev–Trinajstić information content (AvgIpc) is 2.32. The molecule has 0 saturated carbocycles. The predicted molar refractivity (Wildman–Crippen MR) is 67.9 cm³/mol. The summed E-state index contributed by atoms with van der Waals surface area (Å²) in [7, 11) is 1.31. The van der Waals surface area contributed by atoms with Gasteiger partial charge in [0.05, 0.1) is 7.11 Å². The van der Waals surface area contributed by atoms with Crippen molar-refractivity contribution in [3.05, 3.63) is 35.5 Å². The summed E-state index contributed by atoms with van der Waals surface area (Å²) in [4.78, 5) is 22.2. The molecule has 0 spiro atoms. The number of hydrogen-bond donors (Lipinski definition) is 1. The van der Waals surface area contributed by atoms with E-state index >= 15 is 0 Å². The van der Waals surface area contributed by atoms with Gasteiger partial charge < -0.3 is 9.84 Å². The molecule has 1 N–H and O–H groups in total. The highest BCUT2D eigenvalue weighted by atomic mass is 16.5. The highest BCUT2D eigenvalue weighted by molar-refractivity contribution is 5.92. The van der Waals surface area contributed by atoms with E-state index < -0.39 is 11.6 Å². The van der Waals surface area contributed by atoms with E-state index in [-0.39, 0.29) is 5.78 Å². The zero-order chi connectivity index (χ0) is 13.8. The van der Waals surface area contributed by atoms with Crippen LogP contribution in [0.4, 0.5) is 0 Å². The molecule has 1 atom stereocenters. The van der Waals surface area contributed by atoms with E-state index in [2.05, 4.69) is 4.74 Å². The van der Waals surface area contributed by atoms with Crippen molar-refractivity contribution in [2.75, 3.05) is 7.11 Å². The number of methoxy groups -OCH3 is 1. The van der Waals surface area contributed by atoms with E-state index in [1.807, 2.05) is 0 Å². The lowest BCUT2D eigenvalue weighted by Gasteiger charge is -2.28. The largest absolute Gasteiger partial charge is 0.466 e. The molecule has 0 heterocycles. The van der Waals surface area contributed by atoms with Crippen LogP contribution in [0.25, 0.3) is 0 Å². The number of rotatable bonds is 3. The van der Waals surface area contributed by atoms with Crippen LogP contribution < -0.4 is 0 Å². The Labute approximate surface area is 107 Å². The van der Waals surface area contributed by atoms with Gasteiger partial charge in [-0.1, -0.05) is 6.08 Å². The maximum Gasteiger partial charge on any atom is 0.330 e. The minimum Gasteiger partial charge on any atom is -0.466 e. The van der Waals surface area contributed by atoms with Gasteiger partial charge in [-0.05, 0) is 43.6 Å². The first-order chi connectivity index (χ1) is 8.37. The Morgan fingerprint density at radius 3 is 2.78 bits per heavy atom. The van der Waals surface area contributed by atoms with Crippen molar-refractivity contribution in [3.8, 4) is 0 Å². The minimum absolute atomic E-state index is 0.0346. The number of carbonyl (C=O) groups is 2. The summed E-state index contributed by atoms with van der Waals surface area (Å²) < 4.78 is 4.51. The molecule has 0 aromatic carbocycles. The van der Waals surface area contributed by atoms with E-state index in [9.17, 15) is 14.7 Å². The van der Waals surface area contributed by atoms with Gasteiger partial charge in [-0.2, -0.15) is 0 Å². The van der Waals surface area contributed by atoms with Gasteiger partial charge in [-0.25, -0.2) is 4.79 Å². The first-order valence-corrected chi connectivity index (χ1v) is 5.77. The van der Waals surface area contributed by atoms with Crippen LogP contribution in [0.3, 0.4) is 0 Å². The summed E-state index contributed by atoms with van der Waals surface area (Å²) >= 11 is 0. The van der Waals surface area contributed by atoms with Crippen molar-refractivity contribution >= 4 is 11.8 Å². The number of aliphatic hydroxyl groups is 1. The molecule has 0 amide bonds. The van der Waals surface area contributed by atoms with E-state index in [4.69, 9.17) is 0 Å². The van der Waals surface area contributed by atoms with Crippen LogP contribution in [0.5, 0.6) is 0 Å². The van der Waals surface area contributed by atoms with E-state index in [1.165, 1.54) is 19.3 Å². The summed E-state index contributed by atoms with van der Waals surface area (Å²) in [5.74, 6) is -0.400. The zero-order valence-corrected chi connectivity index (χ0v) is 10.9. The molecule has 4 nitrogen and oxygen atoms in total. The highest BCUT2D eigenvalue weighted by Gasteiger charge is 2.30. The van der Waals surface area contributed by atoms with Gasteiger partial charge in [-0.3, -0.25) is 4.79 Å². The zero-order valence-electron chi connectivity index (χ0n) is 10.9. The van der Waals surface area contributed by atoms with Crippen molar-refractivity contribution in [2.24, 2.45) is 0 Å². The van der Waals surface area contributed by atoms with Crippen LogP contribution in [0.1, 0.15) is 26.7 Å². The molecule has 18 heavy (non-hydrogen) atoms. The summed E-state index contributed by atoms with van der Waals surface area (Å²) in [5.41, 5.74) is 0.208. The van der Waals surface area contributed by atoms with Crippen molar-refractivity contribution in [2.45, 2.75) is 32.3 Å². The lowest BCUT2D eigenvalue weighted by molar-refractivity contribution is -0.134. The second kappa shape index (κ2) is 5.78. The third-order valence-corrected chi connectivity index (χ3v) is 2.98. The average molecular weight is 250 g/mol. The maximum atomic E-state index is 11.2. The number of allylic oxidation sites excluding steroid dienone is 3. The van der Waals surface area contributed by atoms with Gasteiger partial charge in [-0.15, -0.1) is 0 Å². The van der Waals surface area contributed by atoms with E-state index in [1.54, 1.807) is 26.0 Å². The third-order valence-electron chi connectivity index (χ3n) is 2.98. The topological polar surface area (TPSA) is 63.6 Å². The number of esters is 1. The molecule has 0 fully saturated rings. The highest BCUT2D eigenvalue weighted by Crippen LogP contribution is 2.29. The predicted octanol–water partition coefficient (Wildman–Crippen LogP) is 1.70. The van der Waals surface area contributed by atoms with Gasteiger partial charge in [0.1, 0.15) is 5.60 Å². The minimum atomic E-state index is -1.10. The number of ether oxygens (including phenoxy) is 1.